The zero-order valence-electron chi connectivity index (χ0n) is 17.2. The molecule has 158 valence electrons. The molecule has 2 aromatic carbocycles. The highest BCUT2D eigenvalue weighted by atomic mass is 35.5. The third-order valence-corrected chi connectivity index (χ3v) is 6.03. The highest BCUT2D eigenvalue weighted by Crippen LogP contribution is 2.21. The average molecular weight is 434 g/mol. The van der Waals surface area contributed by atoms with Crippen LogP contribution in [0.4, 0.5) is 5.69 Å². The van der Waals surface area contributed by atoms with Crippen LogP contribution in [0.1, 0.15) is 11.1 Å². The van der Waals surface area contributed by atoms with Crippen LogP contribution in [0.25, 0.3) is 5.65 Å². The van der Waals surface area contributed by atoms with Gasteiger partial charge in [-0.3, -0.25) is 9.30 Å². The van der Waals surface area contributed by atoms with Crippen molar-refractivity contribution in [3.63, 3.8) is 0 Å². The largest absolute Gasteiger partial charge is 0.369 e. The number of anilines is 1. The number of hydrogen-bond acceptors (Lipinski definition) is 4. The molecule has 7 heteroatoms. The van der Waals surface area contributed by atoms with Gasteiger partial charge in [0.25, 0.3) is 0 Å². The molecule has 0 saturated carbocycles. The molecule has 1 aliphatic heterocycles. The van der Waals surface area contributed by atoms with Gasteiger partial charge < -0.3 is 4.90 Å². The minimum absolute atomic E-state index is 0.114. The van der Waals surface area contributed by atoms with E-state index in [1.54, 1.807) is 10.6 Å². The molecule has 4 aromatic rings. The van der Waals surface area contributed by atoms with E-state index in [2.05, 4.69) is 45.2 Å². The van der Waals surface area contributed by atoms with Crippen molar-refractivity contribution in [3.8, 4) is 0 Å². The van der Waals surface area contributed by atoms with Crippen LogP contribution < -0.4 is 10.6 Å². The Morgan fingerprint density at radius 2 is 1.58 bits per heavy atom. The van der Waals surface area contributed by atoms with Crippen LogP contribution in [0.3, 0.4) is 0 Å². The molecule has 5 rings (SSSR count). The third-order valence-electron chi connectivity index (χ3n) is 5.80. The number of benzene rings is 2. The Bertz CT molecular complexity index is 1240. The summed E-state index contributed by atoms with van der Waals surface area (Å²) >= 11 is 6.13. The summed E-state index contributed by atoms with van der Waals surface area (Å²) in [7, 11) is 0. The van der Waals surface area contributed by atoms with Gasteiger partial charge in [-0.05, 0) is 41.5 Å². The Kier molecular flexibility index (Phi) is 5.49. The Morgan fingerprint density at radius 3 is 2.29 bits per heavy atom. The molecule has 1 saturated heterocycles. The van der Waals surface area contributed by atoms with Crippen LogP contribution in [-0.4, -0.2) is 45.3 Å². The van der Waals surface area contributed by atoms with E-state index in [1.165, 1.54) is 15.9 Å². The number of aromatic nitrogens is 3. The van der Waals surface area contributed by atoms with Crippen molar-refractivity contribution in [1.29, 1.82) is 0 Å². The first-order valence-electron chi connectivity index (χ1n) is 10.5. The molecule has 0 bridgehead atoms. The maximum atomic E-state index is 12.5. The lowest BCUT2D eigenvalue weighted by Crippen LogP contribution is -2.45. The van der Waals surface area contributed by atoms with Crippen molar-refractivity contribution in [2.75, 3.05) is 31.1 Å². The summed E-state index contributed by atoms with van der Waals surface area (Å²) in [6.45, 7) is 5.43. The summed E-state index contributed by atoms with van der Waals surface area (Å²) in [4.78, 5) is 17.3. The molecule has 3 heterocycles. The van der Waals surface area contributed by atoms with Gasteiger partial charge in [-0.1, -0.05) is 48.0 Å². The van der Waals surface area contributed by atoms with Gasteiger partial charge in [-0.25, -0.2) is 9.48 Å². The van der Waals surface area contributed by atoms with E-state index in [4.69, 9.17) is 11.6 Å². The molecule has 0 atom stereocenters. The van der Waals surface area contributed by atoms with E-state index in [1.807, 2.05) is 36.4 Å². The van der Waals surface area contributed by atoms with E-state index >= 15 is 0 Å². The summed E-state index contributed by atoms with van der Waals surface area (Å²) in [5.74, 6) is 0. The lowest BCUT2D eigenvalue weighted by Gasteiger charge is -2.36. The molecule has 0 N–H and O–H groups in total. The van der Waals surface area contributed by atoms with Crippen molar-refractivity contribution in [2.45, 2.75) is 13.1 Å². The fraction of sp³-hybridized carbons (Fsp3) is 0.250. The normalized spacial score (nSPS) is 14.9. The van der Waals surface area contributed by atoms with Gasteiger partial charge in [0.15, 0.2) is 5.65 Å². The topological polar surface area (TPSA) is 45.8 Å². The van der Waals surface area contributed by atoms with Gasteiger partial charge in [0.2, 0.25) is 0 Å². The number of halogens is 1. The van der Waals surface area contributed by atoms with E-state index in [0.717, 1.165) is 43.3 Å². The summed E-state index contributed by atoms with van der Waals surface area (Å²) in [6, 6.07) is 22.1. The van der Waals surface area contributed by atoms with Gasteiger partial charge in [-0.15, -0.1) is 5.10 Å². The molecular weight excluding hydrogens is 410 g/mol. The van der Waals surface area contributed by atoms with Crippen LogP contribution in [0.15, 0.2) is 77.7 Å². The van der Waals surface area contributed by atoms with Crippen molar-refractivity contribution in [2.24, 2.45) is 0 Å². The molecule has 0 radical (unpaired) electrons. The zero-order valence-corrected chi connectivity index (χ0v) is 17.9. The predicted molar refractivity (Wildman–Crippen MR) is 124 cm³/mol. The Morgan fingerprint density at radius 1 is 0.839 bits per heavy atom. The summed E-state index contributed by atoms with van der Waals surface area (Å²) in [6.07, 6.45) is 1.75. The van der Waals surface area contributed by atoms with Crippen molar-refractivity contribution in [1.82, 2.24) is 19.1 Å². The molecule has 0 unspecified atom stereocenters. The number of hydrogen-bond donors (Lipinski definition) is 0. The second-order valence-corrected chi connectivity index (χ2v) is 8.37. The standard InChI is InChI=1S/C24H24ClN5O/c25-21-4-3-5-22(16-21)28-14-12-27(13-15-28)17-19-7-9-20(10-8-19)18-30-24(31)29-11-2-1-6-23(29)26-30/h1-11,16H,12-15,17-18H2. The Hall–Kier alpha value is -3.09. The maximum Gasteiger partial charge on any atom is 0.350 e. The molecular formula is C24H24ClN5O. The van der Waals surface area contributed by atoms with Crippen LogP contribution in [0, 0.1) is 0 Å². The molecule has 6 nitrogen and oxygen atoms in total. The van der Waals surface area contributed by atoms with Gasteiger partial charge in [0.05, 0.1) is 6.54 Å². The number of nitrogens with zero attached hydrogens (tertiary/aromatic N) is 5. The van der Waals surface area contributed by atoms with E-state index in [-0.39, 0.29) is 5.69 Å². The average Bonchev–Trinajstić information content (AvgIpc) is 3.11. The van der Waals surface area contributed by atoms with Gasteiger partial charge in [-0.2, -0.15) is 0 Å². The van der Waals surface area contributed by atoms with Gasteiger partial charge in [0.1, 0.15) is 0 Å². The first-order valence-corrected chi connectivity index (χ1v) is 10.9. The second-order valence-electron chi connectivity index (χ2n) is 7.93. The fourth-order valence-electron chi connectivity index (χ4n) is 4.09. The highest BCUT2D eigenvalue weighted by molar-refractivity contribution is 6.30. The van der Waals surface area contributed by atoms with Crippen molar-refractivity contribution in [3.05, 3.63) is 99.6 Å². The number of piperazine rings is 1. The molecule has 1 fully saturated rings. The molecule has 0 amide bonds. The van der Waals surface area contributed by atoms with E-state index < -0.39 is 0 Å². The number of rotatable bonds is 5. The summed E-state index contributed by atoms with van der Waals surface area (Å²) in [5, 5.41) is 5.19. The number of fused-ring (bicyclic) bond motifs is 1. The van der Waals surface area contributed by atoms with Gasteiger partial charge in [0, 0.05) is 49.6 Å². The van der Waals surface area contributed by atoms with Crippen LogP contribution >= 0.6 is 11.6 Å². The molecule has 31 heavy (non-hydrogen) atoms. The maximum absolute atomic E-state index is 12.5. The smallest absolute Gasteiger partial charge is 0.350 e. The molecule has 0 aliphatic carbocycles. The summed E-state index contributed by atoms with van der Waals surface area (Å²) in [5.41, 5.74) is 4.10. The number of pyridine rings is 1. The lowest BCUT2D eigenvalue weighted by atomic mass is 10.1. The first-order chi connectivity index (χ1) is 15.2. The van der Waals surface area contributed by atoms with Crippen molar-refractivity contribution >= 4 is 22.9 Å². The quantitative estimate of drug-likeness (QED) is 0.483. The highest BCUT2D eigenvalue weighted by Gasteiger charge is 2.17. The summed E-state index contributed by atoms with van der Waals surface area (Å²) < 4.78 is 3.08. The molecule has 0 spiro atoms. The first kappa shape index (κ1) is 19.8. The lowest BCUT2D eigenvalue weighted by molar-refractivity contribution is 0.250. The minimum Gasteiger partial charge on any atom is -0.369 e. The van der Waals surface area contributed by atoms with Crippen LogP contribution in [0.2, 0.25) is 5.02 Å². The molecule has 1 aliphatic rings. The Balaban J connectivity index is 1.19. The monoisotopic (exact) mass is 433 g/mol. The second kappa shape index (κ2) is 8.57. The zero-order chi connectivity index (χ0) is 21.2. The van der Waals surface area contributed by atoms with Crippen LogP contribution in [0.5, 0.6) is 0 Å². The fourth-order valence-corrected chi connectivity index (χ4v) is 4.27. The van der Waals surface area contributed by atoms with Crippen LogP contribution in [-0.2, 0) is 13.1 Å². The Labute approximate surface area is 185 Å². The van der Waals surface area contributed by atoms with E-state index in [9.17, 15) is 4.79 Å². The predicted octanol–water partition coefficient (Wildman–Crippen LogP) is 3.52. The third kappa shape index (κ3) is 4.36. The molecule has 2 aromatic heterocycles. The van der Waals surface area contributed by atoms with Crippen molar-refractivity contribution < 1.29 is 0 Å². The SMILES string of the molecule is O=c1n(Cc2ccc(CN3CCN(c4cccc(Cl)c4)CC3)cc2)nc2ccccn12. The van der Waals surface area contributed by atoms with Gasteiger partial charge >= 0.3 is 5.69 Å². The minimum atomic E-state index is -0.114. The van der Waals surface area contributed by atoms with E-state index in [0.29, 0.717) is 12.2 Å².